The van der Waals surface area contributed by atoms with Gasteiger partial charge in [-0.2, -0.15) is 5.26 Å². The molecule has 0 atom stereocenters. The molecule has 33 heavy (non-hydrogen) atoms. The summed E-state index contributed by atoms with van der Waals surface area (Å²) in [5, 5.41) is 8.55. The van der Waals surface area contributed by atoms with Crippen molar-refractivity contribution < 1.29 is 17.9 Å². The zero-order valence-electron chi connectivity index (χ0n) is 19.7. The highest BCUT2D eigenvalue weighted by molar-refractivity contribution is 5.29. The van der Waals surface area contributed by atoms with Crippen molar-refractivity contribution in [3.63, 3.8) is 0 Å². The second kappa shape index (κ2) is 13.1. The Balaban J connectivity index is 1.25. The van der Waals surface area contributed by atoms with Crippen molar-refractivity contribution in [1.29, 1.82) is 5.26 Å². The third-order valence-corrected chi connectivity index (χ3v) is 7.81. The van der Waals surface area contributed by atoms with Crippen LogP contribution in [0.2, 0.25) is 0 Å². The summed E-state index contributed by atoms with van der Waals surface area (Å²) in [5.41, 5.74) is 1.14. The molecule has 1 aromatic carbocycles. The molecule has 3 rings (SSSR count). The normalized spacial score (nSPS) is 26.2. The van der Waals surface area contributed by atoms with Crippen LogP contribution in [0.1, 0.15) is 101 Å². The molecule has 5 heteroatoms. The molecule has 0 N–H and O–H groups in total. The van der Waals surface area contributed by atoms with Crippen molar-refractivity contribution in [2.45, 2.75) is 102 Å². The molecule has 182 valence electrons. The molecular weight excluding hydrogens is 423 g/mol. The average molecular weight is 462 g/mol. The summed E-state index contributed by atoms with van der Waals surface area (Å²) in [6, 6.07) is 8.53. The van der Waals surface area contributed by atoms with Gasteiger partial charge in [0.25, 0.3) is 0 Å². The van der Waals surface area contributed by atoms with Crippen molar-refractivity contribution in [1.82, 2.24) is 0 Å². The molecule has 0 aliphatic heterocycles. The Morgan fingerprint density at radius 3 is 1.85 bits per heavy atom. The van der Waals surface area contributed by atoms with Crippen molar-refractivity contribution >= 4 is 0 Å². The fraction of sp³-hybridized carbons (Fsp3) is 0.679. The predicted molar refractivity (Wildman–Crippen MR) is 126 cm³/mol. The maximum atomic E-state index is 12.3. The lowest BCUT2D eigenvalue weighted by molar-refractivity contribution is -0.274. The van der Waals surface area contributed by atoms with E-state index >= 15 is 0 Å². The van der Waals surface area contributed by atoms with Crippen LogP contribution in [0.5, 0.6) is 5.75 Å². The Kier molecular flexibility index (Phi) is 10.2. The number of rotatable bonds is 10. The van der Waals surface area contributed by atoms with Crippen LogP contribution in [-0.2, 0) is 0 Å². The molecule has 2 nitrogen and oxygen atoms in total. The molecule has 0 bridgehead atoms. The van der Waals surface area contributed by atoms with Gasteiger partial charge in [0.1, 0.15) is 5.75 Å². The number of benzene rings is 1. The minimum atomic E-state index is -4.63. The summed E-state index contributed by atoms with van der Waals surface area (Å²) in [6.45, 7) is 0. The van der Waals surface area contributed by atoms with E-state index in [0.717, 1.165) is 42.6 Å². The van der Waals surface area contributed by atoms with E-state index in [9.17, 15) is 13.2 Å². The molecule has 0 amide bonds. The number of allylic oxidation sites excluding steroid dienone is 2. The summed E-state index contributed by atoms with van der Waals surface area (Å²) < 4.78 is 40.9. The first-order valence-electron chi connectivity index (χ1n) is 12.8. The molecule has 2 aliphatic carbocycles. The first-order valence-corrected chi connectivity index (χ1v) is 12.8. The highest BCUT2D eigenvalue weighted by atomic mass is 19.4. The number of nitrogens with zero attached hydrogens (tertiary/aromatic N) is 1. The molecule has 0 aromatic heterocycles. The van der Waals surface area contributed by atoms with Gasteiger partial charge in [-0.05, 0) is 79.9 Å². The quantitative estimate of drug-likeness (QED) is 0.257. The van der Waals surface area contributed by atoms with Crippen LogP contribution in [0, 0.1) is 29.1 Å². The highest BCUT2D eigenvalue weighted by Gasteiger charge is 2.31. The SMILES string of the molecule is N#CC=CCCC1CCC(CCCCC2CCC(c3ccc(OC(F)(F)F)cc3)CC2)CC1. The Bertz CT molecular complexity index is 749. The molecular formula is C28H38F3NO. The second-order valence-electron chi connectivity index (χ2n) is 10.1. The van der Waals surface area contributed by atoms with Crippen LogP contribution in [0.4, 0.5) is 13.2 Å². The molecule has 2 aliphatic rings. The van der Waals surface area contributed by atoms with Gasteiger partial charge in [-0.15, -0.1) is 13.2 Å². The molecule has 0 radical (unpaired) electrons. The van der Waals surface area contributed by atoms with Crippen LogP contribution >= 0.6 is 0 Å². The van der Waals surface area contributed by atoms with E-state index in [-0.39, 0.29) is 5.75 Å². The maximum Gasteiger partial charge on any atom is 0.573 e. The molecule has 2 saturated carbocycles. The number of hydrogen-bond acceptors (Lipinski definition) is 2. The average Bonchev–Trinajstić information content (AvgIpc) is 2.80. The second-order valence-corrected chi connectivity index (χ2v) is 10.1. The predicted octanol–water partition coefficient (Wildman–Crippen LogP) is 9.09. The van der Waals surface area contributed by atoms with Crippen molar-refractivity contribution in [3.05, 3.63) is 42.0 Å². The molecule has 0 heterocycles. The van der Waals surface area contributed by atoms with Crippen LogP contribution < -0.4 is 4.74 Å². The zero-order valence-corrected chi connectivity index (χ0v) is 19.7. The lowest BCUT2D eigenvalue weighted by Gasteiger charge is -2.30. The number of unbranched alkanes of at least 4 members (excludes halogenated alkanes) is 1. The van der Waals surface area contributed by atoms with Crippen LogP contribution in [-0.4, -0.2) is 6.36 Å². The van der Waals surface area contributed by atoms with E-state index < -0.39 is 6.36 Å². The summed E-state index contributed by atoms with van der Waals surface area (Å²) in [4.78, 5) is 0. The lowest BCUT2D eigenvalue weighted by Crippen LogP contribution is -2.17. The molecule has 0 spiro atoms. The van der Waals surface area contributed by atoms with Gasteiger partial charge in [0.05, 0.1) is 6.07 Å². The monoisotopic (exact) mass is 461 g/mol. The minimum absolute atomic E-state index is 0.138. The van der Waals surface area contributed by atoms with E-state index in [2.05, 4.69) is 10.8 Å². The van der Waals surface area contributed by atoms with E-state index in [1.165, 1.54) is 82.8 Å². The number of halogens is 3. The third kappa shape index (κ3) is 9.43. The Labute approximate surface area is 197 Å². The van der Waals surface area contributed by atoms with Crippen molar-refractivity contribution in [2.75, 3.05) is 0 Å². The number of hydrogen-bond donors (Lipinski definition) is 0. The van der Waals surface area contributed by atoms with Gasteiger partial charge in [0.15, 0.2) is 0 Å². The molecule has 0 unspecified atom stereocenters. The van der Waals surface area contributed by atoms with Gasteiger partial charge in [0.2, 0.25) is 0 Å². The number of alkyl halides is 3. The van der Waals surface area contributed by atoms with E-state index in [1.54, 1.807) is 18.2 Å². The van der Waals surface area contributed by atoms with Gasteiger partial charge in [-0.25, -0.2) is 0 Å². The van der Waals surface area contributed by atoms with Gasteiger partial charge >= 0.3 is 6.36 Å². The Hall–Kier alpha value is -1.96. The number of nitriles is 1. The molecule has 0 saturated heterocycles. The van der Waals surface area contributed by atoms with Gasteiger partial charge in [-0.3, -0.25) is 0 Å². The standard InChI is InChI=1S/C28H38F3NO/c29-28(30,31)33-27-19-17-26(18-20-27)25-15-13-24(14-16-25)8-4-3-7-23-11-9-22(10-12-23)6-2-1-5-21-32/h1,5,17-20,22-25H,2-4,6-16H2. The minimum Gasteiger partial charge on any atom is -0.406 e. The topological polar surface area (TPSA) is 33.0 Å². The fourth-order valence-corrected chi connectivity index (χ4v) is 5.87. The number of ether oxygens (including phenoxy) is 1. The Morgan fingerprint density at radius 2 is 1.33 bits per heavy atom. The summed E-state index contributed by atoms with van der Waals surface area (Å²) >= 11 is 0. The summed E-state index contributed by atoms with van der Waals surface area (Å²) in [6.07, 6.45) is 16.9. The summed E-state index contributed by atoms with van der Waals surface area (Å²) in [7, 11) is 0. The highest BCUT2D eigenvalue weighted by Crippen LogP contribution is 2.39. The van der Waals surface area contributed by atoms with Crippen LogP contribution in [0.15, 0.2) is 36.4 Å². The molecule has 2 fully saturated rings. The summed E-state index contributed by atoms with van der Waals surface area (Å²) in [5.74, 6) is 2.91. The Morgan fingerprint density at radius 1 is 0.818 bits per heavy atom. The first-order chi connectivity index (χ1) is 15.9. The largest absolute Gasteiger partial charge is 0.573 e. The smallest absolute Gasteiger partial charge is 0.406 e. The lowest BCUT2D eigenvalue weighted by atomic mass is 9.76. The van der Waals surface area contributed by atoms with E-state index in [0.29, 0.717) is 5.92 Å². The van der Waals surface area contributed by atoms with Crippen LogP contribution in [0.25, 0.3) is 0 Å². The van der Waals surface area contributed by atoms with Crippen LogP contribution in [0.3, 0.4) is 0 Å². The van der Waals surface area contributed by atoms with Crippen molar-refractivity contribution in [3.8, 4) is 11.8 Å². The van der Waals surface area contributed by atoms with Gasteiger partial charge < -0.3 is 4.74 Å². The first kappa shape index (κ1) is 25.7. The van der Waals surface area contributed by atoms with Gasteiger partial charge in [-0.1, -0.05) is 69.6 Å². The van der Waals surface area contributed by atoms with E-state index in [1.807, 2.05) is 6.08 Å². The van der Waals surface area contributed by atoms with Gasteiger partial charge in [0, 0.05) is 6.08 Å². The maximum absolute atomic E-state index is 12.3. The van der Waals surface area contributed by atoms with E-state index in [4.69, 9.17) is 5.26 Å². The fourth-order valence-electron chi connectivity index (χ4n) is 5.87. The molecule has 1 aromatic rings. The third-order valence-electron chi connectivity index (χ3n) is 7.81. The zero-order chi connectivity index (χ0) is 23.5. The van der Waals surface area contributed by atoms with Crippen molar-refractivity contribution in [2.24, 2.45) is 17.8 Å².